The van der Waals surface area contributed by atoms with Gasteiger partial charge < -0.3 is 0 Å². The van der Waals surface area contributed by atoms with Gasteiger partial charge in [-0.2, -0.15) is 0 Å². The lowest BCUT2D eigenvalue weighted by Gasteiger charge is -2.41. The molecule has 2 aliphatic carbocycles. The van der Waals surface area contributed by atoms with Gasteiger partial charge in [0.05, 0.1) is 0 Å². The van der Waals surface area contributed by atoms with Crippen LogP contribution in [0.25, 0.3) is 98.0 Å². The fourth-order valence-electron chi connectivity index (χ4n) is 13.9. The molecule has 0 fully saturated rings. The van der Waals surface area contributed by atoms with Crippen LogP contribution in [-0.4, -0.2) is 0 Å². The fourth-order valence-corrected chi connectivity index (χ4v) is 13.9. The van der Waals surface area contributed by atoms with Gasteiger partial charge >= 0.3 is 0 Å². The van der Waals surface area contributed by atoms with Crippen LogP contribution in [0.2, 0.25) is 0 Å². The lowest BCUT2D eigenvalue weighted by atomic mass is 9.61. The Kier molecular flexibility index (Phi) is 7.95. The molecule has 0 amide bonds. The molecule has 0 heteroatoms. The monoisotopic (exact) mass is 798 g/mol. The molecule has 0 saturated heterocycles. The first-order valence-corrected chi connectivity index (χ1v) is 23.1. The minimum Gasteiger partial charge on any atom is -0.0616 e. The molecule has 10 aromatic carbocycles. The van der Waals surface area contributed by atoms with E-state index in [1.807, 2.05) is 0 Å². The minimum absolute atomic E-state index is 0.146. The van der Waals surface area contributed by atoms with Gasteiger partial charge in [0.25, 0.3) is 0 Å². The van der Waals surface area contributed by atoms with E-state index in [4.69, 9.17) is 0 Å². The summed E-state index contributed by atoms with van der Waals surface area (Å²) in [6.07, 6.45) is 0. The highest BCUT2D eigenvalue weighted by Crippen LogP contribution is 2.62. The predicted octanol–water partition coefficient (Wildman–Crippen LogP) is 17.4. The van der Waals surface area contributed by atoms with Crippen LogP contribution in [0.3, 0.4) is 0 Å². The molecule has 0 atom stereocenters. The number of hydrogen-bond donors (Lipinski definition) is 0. The number of fused-ring (bicyclic) bond motifs is 20. The lowest BCUT2D eigenvalue weighted by Crippen LogP contribution is -2.37. The van der Waals surface area contributed by atoms with Gasteiger partial charge in [0.15, 0.2) is 0 Å². The molecule has 0 nitrogen and oxygen atoms in total. The molecule has 62 heavy (non-hydrogen) atoms. The minimum atomic E-state index is -0.146. The van der Waals surface area contributed by atoms with Gasteiger partial charge in [0.2, 0.25) is 0 Å². The molecule has 0 saturated carbocycles. The van der Waals surface area contributed by atoms with Gasteiger partial charge in [-0.1, -0.05) is 201 Å². The standard InChI is InChI=1S/C62H54/c1-35(2)61(36(3)4)55-31-25-39(33-53(55)51-29-27-49-45-21-11-9-17-41(45)43-19-13-15-23-47(43)57(49)59(51)61)40-26-32-56-54(34-40)52-30-28-50-46-22-12-10-18-42(46)44-20-14-16-24-48(44)58(50)60(52)62(56,37(5)6)38(7)8/h9-38H,1-8H3. The molecule has 0 N–H and O–H groups in total. The van der Waals surface area contributed by atoms with Crippen LogP contribution in [0.1, 0.15) is 77.6 Å². The van der Waals surface area contributed by atoms with Gasteiger partial charge in [0.1, 0.15) is 0 Å². The Labute approximate surface area is 366 Å². The van der Waals surface area contributed by atoms with Crippen molar-refractivity contribution in [1.82, 2.24) is 0 Å². The molecule has 0 unspecified atom stereocenters. The van der Waals surface area contributed by atoms with E-state index in [1.54, 1.807) is 0 Å². The van der Waals surface area contributed by atoms with E-state index in [1.165, 1.54) is 120 Å². The summed E-state index contributed by atoms with van der Waals surface area (Å²) in [5, 5.41) is 16.3. The Balaban J connectivity index is 1.13. The molecule has 0 bridgehead atoms. The van der Waals surface area contributed by atoms with Gasteiger partial charge in [-0.3, -0.25) is 0 Å². The second-order valence-electron chi connectivity index (χ2n) is 19.9. The molecule has 10 aromatic rings. The average molecular weight is 799 g/mol. The third-order valence-corrected chi connectivity index (χ3v) is 16.1. The molecule has 0 aromatic heterocycles. The highest BCUT2D eigenvalue weighted by atomic mass is 14.5. The Morgan fingerprint density at radius 2 is 0.548 bits per heavy atom. The van der Waals surface area contributed by atoms with E-state index in [0.717, 1.165) is 0 Å². The normalized spacial score (nSPS) is 15.0. The summed E-state index contributed by atoms with van der Waals surface area (Å²) in [5.41, 5.74) is 13.8. The van der Waals surface area contributed by atoms with Crippen LogP contribution >= 0.6 is 0 Å². The van der Waals surface area contributed by atoms with Crippen molar-refractivity contribution in [2.45, 2.75) is 66.2 Å². The Bertz CT molecular complexity index is 3210. The largest absolute Gasteiger partial charge is 0.0616 e. The van der Waals surface area contributed by atoms with Gasteiger partial charge in [0, 0.05) is 10.8 Å². The van der Waals surface area contributed by atoms with E-state index < -0.39 is 0 Å². The summed E-state index contributed by atoms with van der Waals surface area (Å²) < 4.78 is 0. The van der Waals surface area contributed by atoms with Gasteiger partial charge in [-0.25, -0.2) is 0 Å². The third kappa shape index (κ3) is 4.53. The second kappa shape index (κ2) is 13.1. The smallest absolute Gasteiger partial charge is 0.0267 e. The quantitative estimate of drug-likeness (QED) is 0.152. The Morgan fingerprint density at radius 3 is 0.855 bits per heavy atom. The molecule has 302 valence electrons. The second-order valence-corrected chi connectivity index (χ2v) is 19.9. The highest BCUT2D eigenvalue weighted by Gasteiger charge is 2.51. The number of hydrogen-bond acceptors (Lipinski definition) is 0. The number of rotatable bonds is 5. The van der Waals surface area contributed by atoms with Crippen molar-refractivity contribution in [2.24, 2.45) is 23.7 Å². The molecule has 0 heterocycles. The summed E-state index contributed by atoms with van der Waals surface area (Å²) in [4.78, 5) is 0. The van der Waals surface area contributed by atoms with Crippen molar-refractivity contribution in [3.63, 3.8) is 0 Å². The van der Waals surface area contributed by atoms with Crippen LogP contribution in [0.4, 0.5) is 0 Å². The first kappa shape index (κ1) is 37.5. The van der Waals surface area contributed by atoms with Crippen molar-refractivity contribution < 1.29 is 0 Å². The molecule has 12 rings (SSSR count). The van der Waals surface area contributed by atoms with Crippen LogP contribution in [-0.2, 0) is 10.8 Å². The van der Waals surface area contributed by atoms with Crippen LogP contribution in [0, 0.1) is 23.7 Å². The van der Waals surface area contributed by atoms with E-state index in [9.17, 15) is 0 Å². The van der Waals surface area contributed by atoms with E-state index in [2.05, 4.69) is 213 Å². The zero-order valence-electron chi connectivity index (χ0n) is 37.3. The van der Waals surface area contributed by atoms with Crippen molar-refractivity contribution in [1.29, 1.82) is 0 Å². The maximum atomic E-state index is 2.55. The Morgan fingerprint density at radius 1 is 0.274 bits per heavy atom. The Hall–Kier alpha value is -6.24. The van der Waals surface area contributed by atoms with E-state index in [-0.39, 0.29) is 10.8 Å². The van der Waals surface area contributed by atoms with E-state index >= 15 is 0 Å². The van der Waals surface area contributed by atoms with Crippen molar-refractivity contribution in [3.8, 4) is 33.4 Å². The maximum absolute atomic E-state index is 2.55. The van der Waals surface area contributed by atoms with Crippen LogP contribution in [0.5, 0.6) is 0 Å². The summed E-state index contributed by atoms with van der Waals surface area (Å²) in [5.74, 6) is 1.57. The molecular formula is C62H54. The summed E-state index contributed by atoms with van der Waals surface area (Å²) in [6.45, 7) is 19.7. The van der Waals surface area contributed by atoms with Crippen molar-refractivity contribution in [3.05, 3.63) is 180 Å². The van der Waals surface area contributed by atoms with Crippen molar-refractivity contribution in [2.75, 3.05) is 0 Å². The first-order valence-electron chi connectivity index (χ1n) is 23.1. The summed E-state index contributed by atoms with van der Waals surface area (Å²) >= 11 is 0. The SMILES string of the molecule is CC(C)C1(C(C)C)c2ccc(-c3ccc4c(c3)-c3ccc5c6ccccc6c6ccccc6c5c3C4(C(C)C)C(C)C)cc2-c2ccc3c4ccccc4c4ccccc4c3c21. The van der Waals surface area contributed by atoms with Gasteiger partial charge in [-0.15, -0.1) is 0 Å². The summed E-state index contributed by atoms with van der Waals surface area (Å²) in [7, 11) is 0. The molecule has 2 aliphatic rings. The molecular weight excluding hydrogens is 745 g/mol. The number of benzene rings is 10. The third-order valence-electron chi connectivity index (χ3n) is 16.1. The molecule has 0 radical (unpaired) electrons. The van der Waals surface area contributed by atoms with E-state index in [0.29, 0.717) is 23.7 Å². The molecule has 0 spiro atoms. The average Bonchev–Trinajstić information content (AvgIpc) is 3.77. The van der Waals surface area contributed by atoms with Crippen LogP contribution < -0.4 is 0 Å². The van der Waals surface area contributed by atoms with Crippen LogP contribution in [0.15, 0.2) is 158 Å². The lowest BCUT2D eigenvalue weighted by molar-refractivity contribution is 0.282. The zero-order valence-corrected chi connectivity index (χ0v) is 37.3. The fraction of sp³-hybridized carbons (Fsp3) is 0.226. The predicted molar refractivity (Wildman–Crippen MR) is 269 cm³/mol. The van der Waals surface area contributed by atoms with Crippen molar-refractivity contribution >= 4 is 64.6 Å². The molecule has 0 aliphatic heterocycles. The topological polar surface area (TPSA) is 0 Å². The highest BCUT2D eigenvalue weighted by molar-refractivity contribution is 6.29. The first-order chi connectivity index (χ1) is 30.1. The summed E-state index contributed by atoms with van der Waals surface area (Å²) in [6, 6.07) is 61.1. The van der Waals surface area contributed by atoms with Gasteiger partial charge in [-0.05, 0) is 156 Å². The maximum Gasteiger partial charge on any atom is 0.0267 e. The zero-order chi connectivity index (χ0) is 42.4.